The number of nitrogens with zero attached hydrogens (tertiary/aromatic N) is 6. The highest BCUT2D eigenvalue weighted by Crippen LogP contribution is 2.36. The van der Waals surface area contributed by atoms with Crippen LogP contribution in [0.5, 0.6) is 0 Å². The van der Waals surface area contributed by atoms with Gasteiger partial charge in [-0.05, 0) is 25.8 Å². The van der Waals surface area contributed by atoms with Crippen LogP contribution in [-0.2, 0) is 4.79 Å². The van der Waals surface area contributed by atoms with Crippen molar-refractivity contribution in [1.29, 1.82) is 0 Å². The van der Waals surface area contributed by atoms with Crippen molar-refractivity contribution in [3.05, 3.63) is 42.9 Å². The molecular formula is C20H20FN7O. The van der Waals surface area contributed by atoms with Crippen LogP contribution in [0.4, 0.5) is 15.9 Å². The molecule has 1 saturated carbocycles. The van der Waals surface area contributed by atoms with Crippen molar-refractivity contribution >= 4 is 17.4 Å². The largest absolute Gasteiger partial charge is 0.340 e. The van der Waals surface area contributed by atoms with Crippen LogP contribution in [0.1, 0.15) is 32.6 Å². The number of hydrogen-bond donors (Lipinski definition) is 1. The standard InChI is InChI=1S/C20H20FN7O/c1-12-19(29)25-16-11-24-20(26-18(16)28(12)15-4-2-3-5-15)27-7-6-23-17(27)13-8-14(21)10-22-9-13/h6-12,15H,2-5H2,1H3,(H,25,29). The van der Waals surface area contributed by atoms with Gasteiger partial charge in [0.1, 0.15) is 23.4 Å². The third-order valence-electron chi connectivity index (χ3n) is 5.59. The molecule has 2 aliphatic rings. The van der Waals surface area contributed by atoms with Gasteiger partial charge in [0.2, 0.25) is 11.9 Å². The molecule has 3 aromatic rings. The molecule has 9 heteroatoms. The van der Waals surface area contributed by atoms with Gasteiger partial charge in [-0.25, -0.2) is 14.4 Å². The lowest BCUT2D eigenvalue weighted by molar-refractivity contribution is -0.117. The highest BCUT2D eigenvalue weighted by molar-refractivity contribution is 6.02. The van der Waals surface area contributed by atoms with Gasteiger partial charge in [-0.1, -0.05) is 12.8 Å². The highest BCUT2D eigenvalue weighted by atomic mass is 19.1. The summed E-state index contributed by atoms with van der Waals surface area (Å²) in [6, 6.07) is 1.35. The van der Waals surface area contributed by atoms with Gasteiger partial charge in [0.05, 0.1) is 12.4 Å². The second-order valence-corrected chi connectivity index (χ2v) is 7.43. The van der Waals surface area contributed by atoms with Gasteiger partial charge in [0, 0.05) is 30.2 Å². The third kappa shape index (κ3) is 3.02. The summed E-state index contributed by atoms with van der Waals surface area (Å²) in [5.41, 5.74) is 1.14. The molecule has 0 spiro atoms. The summed E-state index contributed by atoms with van der Waals surface area (Å²) < 4.78 is 15.3. The molecule has 1 amide bonds. The maximum absolute atomic E-state index is 13.6. The van der Waals surface area contributed by atoms with Crippen molar-refractivity contribution in [2.45, 2.75) is 44.7 Å². The highest BCUT2D eigenvalue weighted by Gasteiger charge is 2.37. The number of anilines is 2. The summed E-state index contributed by atoms with van der Waals surface area (Å²) >= 11 is 0. The van der Waals surface area contributed by atoms with Gasteiger partial charge >= 0.3 is 0 Å². The van der Waals surface area contributed by atoms with Crippen molar-refractivity contribution in [3.8, 4) is 17.3 Å². The first-order chi connectivity index (χ1) is 14.1. The molecule has 29 heavy (non-hydrogen) atoms. The van der Waals surface area contributed by atoms with E-state index in [1.165, 1.54) is 6.07 Å². The Kier molecular flexibility index (Phi) is 4.22. The molecule has 1 N–H and O–H groups in total. The van der Waals surface area contributed by atoms with Gasteiger partial charge in [0.15, 0.2) is 5.82 Å². The number of hydrogen-bond acceptors (Lipinski definition) is 6. The molecule has 0 saturated heterocycles. The second kappa shape index (κ2) is 6.91. The summed E-state index contributed by atoms with van der Waals surface area (Å²) in [5, 5.41) is 2.90. The summed E-state index contributed by atoms with van der Waals surface area (Å²) in [4.78, 5) is 32.0. The van der Waals surface area contributed by atoms with E-state index in [9.17, 15) is 9.18 Å². The zero-order valence-corrected chi connectivity index (χ0v) is 15.9. The smallest absolute Gasteiger partial charge is 0.246 e. The Bertz CT molecular complexity index is 1080. The first-order valence-corrected chi connectivity index (χ1v) is 9.72. The van der Waals surface area contributed by atoms with Gasteiger partial charge < -0.3 is 10.2 Å². The van der Waals surface area contributed by atoms with Crippen molar-refractivity contribution < 1.29 is 9.18 Å². The molecular weight excluding hydrogens is 373 g/mol. The number of carbonyl (C=O) groups is 1. The molecule has 1 atom stereocenters. The minimum Gasteiger partial charge on any atom is -0.340 e. The van der Waals surface area contributed by atoms with E-state index in [0.717, 1.165) is 31.9 Å². The Morgan fingerprint density at radius 1 is 1.17 bits per heavy atom. The van der Waals surface area contributed by atoms with E-state index >= 15 is 0 Å². The Morgan fingerprint density at radius 3 is 2.79 bits per heavy atom. The molecule has 3 aromatic heterocycles. The molecule has 5 rings (SSSR count). The zero-order valence-electron chi connectivity index (χ0n) is 15.9. The molecule has 1 aliphatic heterocycles. The molecule has 0 aromatic carbocycles. The SMILES string of the molecule is CC1C(=O)Nc2cnc(-n3ccnc3-c3cncc(F)c3)nc2N1C1CCCC1. The zero-order chi connectivity index (χ0) is 20.0. The third-order valence-corrected chi connectivity index (χ3v) is 5.59. The van der Waals surface area contributed by atoms with Gasteiger partial charge in [-0.3, -0.25) is 14.3 Å². The van der Waals surface area contributed by atoms with Crippen LogP contribution >= 0.6 is 0 Å². The minimum absolute atomic E-state index is 0.0464. The minimum atomic E-state index is -0.438. The Labute approximate surface area is 166 Å². The number of rotatable bonds is 3. The fraction of sp³-hybridized carbons (Fsp3) is 0.350. The number of fused-ring (bicyclic) bond motifs is 1. The summed E-state index contributed by atoms with van der Waals surface area (Å²) in [7, 11) is 0. The summed E-state index contributed by atoms with van der Waals surface area (Å²) in [5.74, 6) is 1.14. The summed E-state index contributed by atoms with van der Waals surface area (Å²) in [6.45, 7) is 1.90. The van der Waals surface area contributed by atoms with Gasteiger partial charge in [-0.15, -0.1) is 0 Å². The number of aromatic nitrogens is 5. The van der Waals surface area contributed by atoms with Gasteiger partial charge in [-0.2, -0.15) is 4.98 Å². The molecule has 1 unspecified atom stereocenters. The van der Waals surface area contributed by atoms with Crippen LogP contribution in [-0.4, -0.2) is 42.5 Å². The molecule has 0 radical (unpaired) electrons. The summed E-state index contributed by atoms with van der Waals surface area (Å²) in [6.07, 6.45) is 12.1. The number of carbonyl (C=O) groups excluding carboxylic acids is 1. The fourth-order valence-corrected chi connectivity index (χ4v) is 4.20. The van der Waals surface area contributed by atoms with Crippen LogP contribution in [0.2, 0.25) is 0 Å². The van der Waals surface area contributed by atoms with Crippen molar-refractivity contribution in [1.82, 2.24) is 24.5 Å². The molecule has 148 valence electrons. The van der Waals surface area contributed by atoms with E-state index in [4.69, 9.17) is 4.98 Å². The maximum atomic E-state index is 13.6. The van der Waals surface area contributed by atoms with E-state index in [1.54, 1.807) is 29.4 Å². The normalized spacial score (nSPS) is 19.3. The number of halogens is 1. The van der Waals surface area contributed by atoms with Gasteiger partial charge in [0.25, 0.3) is 0 Å². The predicted molar refractivity (Wildman–Crippen MR) is 105 cm³/mol. The van der Waals surface area contributed by atoms with Crippen LogP contribution in [0.15, 0.2) is 37.1 Å². The quantitative estimate of drug-likeness (QED) is 0.736. The van der Waals surface area contributed by atoms with E-state index in [1.807, 2.05) is 6.92 Å². The van der Waals surface area contributed by atoms with Crippen LogP contribution in [0.25, 0.3) is 17.3 Å². The second-order valence-electron chi connectivity index (χ2n) is 7.43. The first-order valence-electron chi connectivity index (χ1n) is 9.72. The number of amides is 1. The van der Waals surface area contributed by atoms with Crippen LogP contribution in [0, 0.1) is 5.82 Å². The Balaban J connectivity index is 1.60. The molecule has 0 bridgehead atoms. The number of pyridine rings is 1. The van der Waals surface area contributed by atoms with Crippen molar-refractivity contribution in [3.63, 3.8) is 0 Å². The Morgan fingerprint density at radius 2 is 2.00 bits per heavy atom. The molecule has 8 nitrogen and oxygen atoms in total. The van der Waals surface area contributed by atoms with E-state index in [2.05, 4.69) is 25.2 Å². The van der Waals surface area contributed by atoms with Crippen LogP contribution in [0.3, 0.4) is 0 Å². The average Bonchev–Trinajstić information content (AvgIpc) is 3.41. The molecule has 4 heterocycles. The Hall–Kier alpha value is -3.36. The lowest BCUT2D eigenvalue weighted by Crippen LogP contribution is -2.51. The average molecular weight is 393 g/mol. The first kappa shape index (κ1) is 17.7. The lowest BCUT2D eigenvalue weighted by atomic mass is 10.1. The van der Waals surface area contributed by atoms with Crippen molar-refractivity contribution in [2.75, 3.05) is 10.2 Å². The van der Waals surface area contributed by atoms with Crippen molar-refractivity contribution in [2.24, 2.45) is 0 Å². The monoisotopic (exact) mass is 393 g/mol. The molecule has 1 aliphatic carbocycles. The fourth-order valence-electron chi connectivity index (χ4n) is 4.20. The number of nitrogens with one attached hydrogen (secondary N) is 1. The topological polar surface area (TPSA) is 88.8 Å². The maximum Gasteiger partial charge on any atom is 0.246 e. The van der Waals surface area contributed by atoms with E-state index < -0.39 is 5.82 Å². The predicted octanol–water partition coefficient (Wildman–Crippen LogP) is 2.95. The lowest BCUT2D eigenvalue weighted by Gasteiger charge is -2.39. The number of imidazole rings is 1. The van der Waals surface area contributed by atoms with E-state index in [-0.39, 0.29) is 18.0 Å². The molecule has 1 fully saturated rings. The van der Waals surface area contributed by atoms with Crippen LogP contribution < -0.4 is 10.2 Å². The van der Waals surface area contributed by atoms with E-state index in [0.29, 0.717) is 28.8 Å².